The first-order chi connectivity index (χ1) is 9.77. The van der Waals surface area contributed by atoms with Gasteiger partial charge < -0.3 is 5.11 Å². The normalized spacial score (nSPS) is 12.4. The summed E-state index contributed by atoms with van der Waals surface area (Å²) in [6, 6.07) is 0. The smallest absolute Gasteiger partial charge is 0.303 e. The number of rotatable bonds is 12. The Bertz CT molecular complexity index is 335. The summed E-state index contributed by atoms with van der Waals surface area (Å²) in [6.45, 7) is 2.14. The Morgan fingerprint density at radius 3 is 1.80 bits per heavy atom. The SMILES string of the molecule is CC/C=C\CC=CCC=CCC=CCCCCC(=O)O. The van der Waals surface area contributed by atoms with E-state index in [2.05, 4.69) is 55.5 Å². The van der Waals surface area contributed by atoms with Gasteiger partial charge in [-0.15, -0.1) is 0 Å². The van der Waals surface area contributed by atoms with Crippen molar-refractivity contribution in [2.75, 3.05) is 0 Å². The Morgan fingerprint density at radius 1 is 0.800 bits per heavy atom. The maximum atomic E-state index is 10.3. The Balaban J connectivity index is 3.38. The van der Waals surface area contributed by atoms with Crippen molar-refractivity contribution in [1.29, 1.82) is 0 Å². The van der Waals surface area contributed by atoms with Crippen molar-refractivity contribution in [2.24, 2.45) is 0 Å². The number of allylic oxidation sites excluding steroid dienone is 8. The lowest BCUT2D eigenvalue weighted by Crippen LogP contribution is -1.92. The molecule has 0 aromatic rings. The zero-order valence-corrected chi connectivity index (χ0v) is 12.6. The molecule has 0 fully saturated rings. The molecule has 0 aromatic heterocycles. The van der Waals surface area contributed by atoms with Gasteiger partial charge in [-0.1, -0.05) is 55.5 Å². The molecule has 0 amide bonds. The van der Waals surface area contributed by atoms with Crippen molar-refractivity contribution in [3.63, 3.8) is 0 Å². The first-order valence-corrected chi connectivity index (χ1v) is 7.59. The lowest BCUT2D eigenvalue weighted by molar-refractivity contribution is -0.137. The number of carbonyl (C=O) groups is 1. The van der Waals surface area contributed by atoms with Gasteiger partial charge in [0, 0.05) is 6.42 Å². The molecule has 1 N–H and O–H groups in total. The molecule has 0 aliphatic carbocycles. The minimum absolute atomic E-state index is 0.285. The quantitative estimate of drug-likeness (QED) is 0.381. The fraction of sp³-hybridized carbons (Fsp3) is 0.500. The monoisotopic (exact) mass is 276 g/mol. The molecule has 0 unspecified atom stereocenters. The third kappa shape index (κ3) is 16.4. The molecule has 0 spiro atoms. The summed E-state index contributed by atoms with van der Waals surface area (Å²) in [7, 11) is 0. The van der Waals surface area contributed by atoms with Gasteiger partial charge >= 0.3 is 5.97 Å². The molecule has 0 heterocycles. The van der Waals surface area contributed by atoms with E-state index in [1.807, 2.05) is 0 Å². The summed E-state index contributed by atoms with van der Waals surface area (Å²) in [5.41, 5.74) is 0. The molecule has 112 valence electrons. The van der Waals surface area contributed by atoms with Crippen molar-refractivity contribution in [3.8, 4) is 0 Å². The van der Waals surface area contributed by atoms with Crippen molar-refractivity contribution < 1.29 is 9.90 Å². The average Bonchev–Trinajstić information content (AvgIpc) is 2.43. The van der Waals surface area contributed by atoms with Crippen LogP contribution < -0.4 is 0 Å². The van der Waals surface area contributed by atoms with Gasteiger partial charge in [-0.25, -0.2) is 0 Å². The minimum atomic E-state index is -0.699. The number of unbranched alkanes of at least 4 members (excludes halogenated alkanes) is 2. The molecule has 0 rings (SSSR count). The van der Waals surface area contributed by atoms with E-state index in [-0.39, 0.29) is 6.42 Å². The van der Waals surface area contributed by atoms with E-state index in [9.17, 15) is 4.79 Å². The van der Waals surface area contributed by atoms with E-state index < -0.39 is 5.97 Å². The van der Waals surface area contributed by atoms with Crippen LogP contribution in [-0.4, -0.2) is 11.1 Å². The number of carboxylic acids is 1. The van der Waals surface area contributed by atoms with E-state index in [1.54, 1.807) is 0 Å². The second-order valence-corrected chi connectivity index (χ2v) is 4.64. The first kappa shape index (κ1) is 18.4. The Hall–Kier alpha value is -1.57. The van der Waals surface area contributed by atoms with Gasteiger partial charge in [0.25, 0.3) is 0 Å². The van der Waals surface area contributed by atoms with E-state index in [0.717, 1.165) is 44.9 Å². The van der Waals surface area contributed by atoms with Crippen LogP contribution in [0.5, 0.6) is 0 Å². The second-order valence-electron chi connectivity index (χ2n) is 4.64. The highest BCUT2D eigenvalue weighted by molar-refractivity contribution is 5.66. The van der Waals surface area contributed by atoms with E-state index >= 15 is 0 Å². The van der Waals surface area contributed by atoms with E-state index in [4.69, 9.17) is 5.11 Å². The number of aliphatic carboxylic acids is 1. The van der Waals surface area contributed by atoms with E-state index in [1.165, 1.54) is 0 Å². The molecule has 2 heteroatoms. The van der Waals surface area contributed by atoms with Crippen LogP contribution in [-0.2, 0) is 4.79 Å². The minimum Gasteiger partial charge on any atom is -0.481 e. The summed E-state index contributed by atoms with van der Waals surface area (Å²) in [5, 5.41) is 8.48. The highest BCUT2D eigenvalue weighted by atomic mass is 16.4. The molecular formula is C18H28O2. The molecule has 0 bridgehead atoms. The van der Waals surface area contributed by atoms with Crippen LogP contribution in [0.1, 0.15) is 58.3 Å². The Kier molecular flexibility index (Phi) is 14.3. The third-order valence-electron chi connectivity index (χ3n) is 2.73. The highest BCUT2D eigenvalue weighted by Gasteiger charge is 1.93. The Morgan fingerprint density at radius 2 is 1.30 bits per heavy atom. The molecule has 0 atom stereocenters. The van der Waals surface area contributed by atoms with Gasteiger partial charge in [-0.3, -0.25) is 4.79 Å². The summed E-state index contributed by atoms with van der Waals surface area (Å²) in [5.74, 6) is -0.699. The molecule has 0 radical (unpaired) electrons. The lowest BCUT2D eigenvalue weighted by Gasteiger charge is -1.92. The molecular weight excluding hydrogens is 248 g/mol. The van der Waals surface area contributed by atoms with Gasteiger partial charge in [0.1, 0.15) is 0 Å². The van der Waals surface area contributed by atoms with Crippen molar-refractivity contribution in [2.45, 2.75) is 58.3 Å². The number of hydrogen-bond donors (Lipinski definition) is 1. The van der Waals surface area contributed by atoms with Crippen LogP contribution in [0, 0.1) is 0 Å². The van der Waals surface area contributed by atoms with Crippen LogP contribution in [0.3, 0.4) is 0 Å². The molecule has 20 heavy (non-hydrogen) atoms. The van der Waals surface area contributed by atoms with Crippen molar-refractivity contribution in [1.82, 2.24) is 0 Å². The molecule has 0 aromatic carbocycles. The largest absolute Gasteiger partial charge is 0.481 e. The summed E-state index contributed by atoms with van der Waals surface area (Å²) >= 11 is 0. The van der Waals surface area contributed by atoms with Crippen LogP contribution in [0.2, 0.25) is 0 Å². The standard InChI is InChI=1S/C18H28O2/c1-2-3-4-5-6-7-8-9-10-11-12-13-14-15-16-17-18(19)20/h3-4,6-7,9-10,12-13H,2,5,8,11,14-17H2,1H3,(H,19,20)/b4-3-,7-6?,10-9?,13-12?. The molecule has 0 aliphatic heterocycles. The molecule has 0 saturated heterocycles. The Labute approximate surface area is 123 Å². The zero-order valence-electron chi connectivity index (χ0n) is 12.6. The summed E-state index contributed by atoms with van der Waals surface area (Å²) < 4.78 is 0. The van der Waals surface area contributed by atoms with Crippen molar-refractivity contribution in [3.05, 3.63) is 48.6 Å². The molecule has 0 saturated carbocycles. The van der Waals surface area contributed by atoms with Crippen LogP contribution in [0.25, 0.3) is 0 Å². The number of carboxylic acid groups (broad SMARTS) is 1. The predicted molar refractivity (Wildman–Crippen MR) is 86.8 cm³/mol. The van der Waals surface area contributed by atoms with E-state index in [0.29, 0.717) is 0 Å². The predicted octanol–water partition coefficient (Wildman–Crippen LogP) is 5.44. The number of hydrogen-bond acceptors (Lipinski definition) is 1. The zero-order chi connectivity index (χ0) is 14.9. The maximum Gasteiger partial charge on any atom is 0.303 e. The molecule has 2 nitrogen and oxygen atoms in total. The van der Waals surface area contributed by atoms with Crippen LogP contribution in [0.4, 0.5) is 0 Å². The molecule has 0 aliphatic rings. The van der Waals surface area contributed by atoms with Gasteiger partial charge in [-0.2, -0.15) is 0 Å². The summed E-state index contributed by atoms with van der Waals surface area (Å²) in [6.07, 6.45) is 24.4. The van der Waals surface area contributed by atoms with Gasteiger partial charge in [0.15, 0.2) is 0 Å². The summed E-state index contributed by atoms with van der Waals surface area (Å²) in [4.78, 5) is 10.3. The van der Waals surface area contributed by atoms with Crippen LogP contribution >= 0.6 is 0 Å². The fourth-order valence-electron chi connectivity index (χ4n) is 1.64. The fourth-order valence-corrected chi connectivity index (χ4v) is 1.64. The van der Waals surface area contributed by atoms with Gasteiger partial charge in [0.05, 0.1) is 0 Å². The highest BCUT2D eigenvalue weighted by Crippen LogP contribution is 2.01. The maximum absolute atomic E-state index is 10.3. The van der Waals surface area contributed by atoms with Crippen molar-refractivity contribution >= 4 is 5.97 Å². The van der Waals surface area contributed by atoms with Crippen LogP contribution in [0.15, 0.2) is 48.6 Å². The van der Waals surface area contributed by atoms with Gasteiger partial charge in [0.2, 0.25) is 0 Å². The second kappa shape index (κ2) is 15.5. The lowest BCUT2D eigenvalue weighted by atomic mass is 10.2. The third-order valence-corrected chi connectivity index (χ3v) is 2.73. The topological polar surface area (TPSA) is 37.3 Å². The average molecular weight is 276 g/mol. The van der Waals surface area contributed by atoms with Gasteiger partial charge in [-0.05, 0) is 44.9 Å². The first-order valence-electron chi connectivity index (χ1n) is 7.59.